The first-order valence-corrected chi connectivity index (χ1v) is 8.90. The van der Waals surface area contributed by atoms with Crippen molar-refractivity contribution in [1.29, 1.82) is 0 Å². The molecule has 0 saturated carbocycles. The Morgan fingerprint density at radius 2 is 1.97 bits per heavy atom. The molecule has 0 saturated heterocycles. The largest absolute Gasteiger partial charge is 0.434 e. The Balaban J connectivity index is 1.91. The highest BCUT2D eigenvalue weighted by molar-refractivity contribution is 5.87. The molecule has 0 atom stereocenters. The van der Waals surface area contributed by atoms with E-state index in [1.807, 2.05) is 13.8 Å². The molecule has 1 aromatic carbocycles. The Kier molecular flexibility index (Phi) is 6.17. The molecule has 0 amide bonds. The molecule has 1 N–H and O–H groups in total. The Morgan fingerprint density at radius 3 is 2.69 bits per heavy atom. The molecule has 0 aliphatic rings. The van der Waals surface area contributed by atoms with Crippen LogP contribution >= 0.6 is 0 Å². The standard InChI is InChI=1S/C20H21F3N4O2/c1-20(2,28-3)11-26-18-17-13(6-7-24-18)10-25-16(27-17)8-12-4-5-14(21)9-15(12)29-19(22)23/h4-7,9-10,19H,8,11H2,1-3H3,(H,24,26). The number of rotatable bonds is 8. The van der Waals surface area contributed by atoms with Crippen molar-refractivity contribution in [2.24, 2.45) is 0 Å². The van der Waals surface area contributed by atoms with E-state index in [1.54, 1.807) is 25.6 Å². The Hall–Kier alpha value is -2.94. The summed E-state index contributed by atoms with van der Waals surface area (Å²) in [5.41, 5.74) is 0.530. The number of benzene rings is 1. The van der Waals surface area contributed by atoms with Crippen molar-refractivity contribution >= 4 is 16.7 Å². The molecule has 0 aliphatic carbocycles. The topological polar surface area (TPSA) is 69.2 Å². The van der Waals surface area contributed by atoms with Crippen molar-refractivity contribution in [2.75, 3.05) is 19.0 Å². The summed E-state index contributed by atoms with van der Waals surface area (Å²) >= 11 is 0. The van der Waals surface area contributed by atoms with Crippen LogP contribution in [0.2, 0.25) is 0 Å². The normalized spacial score (nSPS) is 11.8. The molecule has 154 valence electrons. The summed E-state index contributed by atoms with van der Waals surface area (Å²) in [5.74, 6) is 0.0139. The number of methoxy groups -OCH3 is 1. The van der Waals surface area contributed by atoms with Crippen LogP contribution < -0.4 is 10.1 Å². The Morgan fingerprint density at radius 1 is 1.17 bits per heavy atom. The van der Waals surface area contributed by atoms with Gasteiger partial charge >= 0.3 is 6.61 Å². The van der Waals surface area contributed by atoms with E-state index in [9.17, 15) is 13.2 Å². The molecule has 3 rings (SSSR count). The average Bonchev–Trinajstić information content (AvgIpc) is 2.68. The van der Waals surface area contributed by atoms with Gasteiger partial charge in [0.1, 0.15) is 22.9 Å². The van der Waals surface area contributed by atoms with E-state index >= 15 is 0 Å². The molecular weight excluding hydrogens is 385 g/mol. The second-order valence-electron chi connectivity index (χ2n) is 7.01. The fourth-order valence-electron chi connectivity index (χ4n) is 2.63. The van der Waals surface area contributed by atoms with E-state index < -0.39 is 18.0 Å². The second-order valence-corrected chi connectivity index (χ2v) is 7.01. The molecule has 2 heterocycles. The van der Waals surface area contributed by atoms with Crippen molar-refractivity contribution in [1.82, 2.24) is 15.0 Å². The van der Waals surface area contributed by atoms with Gasteiger partial charge in [0.15, 0.2) is 5.82 Å². The summed E-state index contributed by atoms with van der Waals surface area (Å²) in [5, 5.41) is 3.98. The number of fused-ring (bicyclic) bond motifs is 1. The number of hydrogen-bond donors (Lipinski definition) is 1. The van der Waals surface area contributed by atoms with Gasteiger partial charge in [-0.3, -0.25) is 0 Å². The number of pyridine rings is 1. The molecule has 0 spiro atoms. The molecule has 29 heavy (non-hydrogen) atoms. The zero-order valence-corrected chi connectivity index (χ0v) is 16.2. The first-order chi connectivity index (χ1) is 13.8. The third-order valence-electron chi connectivity index (χ3n) is 4.38. The average molecular weight is 406 g/mol. The number of aromatic nitrogens is 3. The van der Waals surface area contributed by atoms with Gasteiger partial charge < -0.3 is 14.8 Å². The van der Waals surface area contributed by atoms with Crippen LogP contribution in [-0.4, -0.2) is 40.8 Å². The molecule has 0 fully saturated rings. The van der Waals surface area contributed by atoms with Crippen molar-refractivity contribution in [3.8, 4) is 5.75 Å². The quantitative estimate of drug-likeness (QED) is 0.605. The van der Waals surface area contributed by atoms with Gasteiger partial charge in [-0.15, -0.1) is 0 Å². The number of nitrogens with zero attached hydrogens (tertiary/aromatic N) is 3. The van der Waals surface area contributed by atoms with Gasteiger partial charge in [-0.05, 0) is 26.0 Å². The zero-order chi connectivity index (χ0) is 21.0. The number of halogens is 3. The minimum atomic E-state index is -3.06. The maximum Gasteiger partial charge on any atom is 0.387 e. The molecule has 0 aliphatic heterocycles. The first-order valence-electron chi connectivity index (χ1n) is 8.90. The lowest BCUT2D eigenvalue weighted by atomic mass is 10.1. The van der Waals surface area contributed by atoms with Crippen LogP contribution in [0.15, 0.2) is 36.7 Å². The molecule has 0 bridgehead atoms. The lowest BCUT2D eigenvalue weighted by molar-refractivity contribution is -0.0505. The maximum atomic E-state index is 13.4. The number of hydrogen-bond acceptors (Lipinski definition) is 6. The maximum absolute atomic E-state index is 13.4. The van der Waals surface area contributed by atoms with Crippen LogP contribution in [0.1, 0.15) is 25.2 Å². The van der Waals surface area contributed by atoms with Gasteiger partial charge in [0.05, 0.1) is 5.60 Å². The highest BCUT2D eigenvalue weighted by Gasteiger charge is 2.18. The summed E-state index contributed by atoms with van der Waals surface area (Å²) < 4.78 is 48.5. The van der Waals surface area contributed by atoms with Crippen molar-refractivity contribution < 1.29 is 22.6 Å². The lowest BCUT2D eigenvalue weighted by Gasteiger charge is -2.23. The highest BCUT2D eigenvalue weighted by Crippen LogP contribution is 2.25. The molecule has 9 heteroatoms. The third kappa shape index (κ3) is 5.32. The van der Waals surface area contributed by atoms with Gasteiger partial charge in [-0.2, -0.15) is 8.78 Å². The van der Waals surface area contributed by atoms with Crippen LogP contribution in [0, 0.1) is 5.82 Å². The zero-order valence-electron chi connectivity index (χ0n) is 16.2. The highest BCUT2D eigenvalue weighted by atomic mass is 19.3. The minimum absolute atomic E-state index is 0.0934. The number of nitrogens with one attached hydrogen (secondary N) is 1. The number of alkyl halides is 2. The third-order valence-corrected chi connectivity index (χ3v) is 4.38. The molecule has 0 unspecified atom stereocenters. The van der Waals surface area contributed by atoms with E-state index in [4.69, 9.17) is 4.74 Å². The summed E-state index contributed by atoms with van der Waals surface area (Å²) in [6.07, 6.45) is 3.36. The number of ether oxygens (including phenoxy) is 2. The smallest absolute Gasteiger partial charge is 0.387 e. The van der Waals surface area contributed by atoms with Crippen molar-refractivity contribution in [3.05, 3.63) is 53.9 Å². The van der Waals surface area contributed by atoms with E-state index in [-0.39, 0.29) is 12.2 Å². The van der Waals surface area contributed by atoms with Crippen molar-refractivity contribution in [3.63, 3.8) is 0 Å². The van der Waals surface area contributed by atoms with Crippen molar-refractivity contribution in [2.45, 2.75) is 32.5 Å². The van der Waals surface area contributed by atoms with Crippen LogP contribution in [0.3, 0.4) is 0 Å². The molecule has 0 radical (unpaired) electrons. The lowest BCUT2D eigenvalue weighted by Crippen LogP contribution is -2.32. The minimum Gasteiger partial charge on any atom is -0.434 e. The summed E-state index contributed by atoms with van der Waals surface area (Å²) in [6.45, 7) is 1.31. The molecule has 6 nitrogen and oxygen atoms in total. The fourth-order valence-corrected chi connectivity index (χ4v) is 2.63. The van der Waals surface area contributed by atoms with Crippen LogP contribution in [0.4, 0.5) is 19.0 Å². The van der Waals surface area contributed by atoms with Gasteiger partial charge in [0, 0.05) is 49.5 Å². The van der Waals surface area contributed by atoms with Crippen LogP contribution in [0.25, 0.3) is 10.9 Å². The summed E-state index contributed by atoms with van der Waals surface area (Å²) in [7, 11) is 1.63. The summed E-state index contributed by atoms with van der Waals surface area (Å²) in [4.78, 5) is 13.1. The predicted molar refractivity (Wildman–Crippen MR) is 103 cm³/mol. The van der Waals surface area contributed by atoms with E-state index in [2.05, 4.69) is 25.0 Å². The monoisotopic (exact) mass is 406 g/mol. The SMILES string of the molecule is COC(C)(C)CNc1nccc2cnc(Cc3ccc(F)cc3OC(F)F)nc12. The second kappa shape index (κ2) is 8.60. The summed E-state index contributed by atoms with van der Waals surface area (Å²) in [6, 6.07) is 5.25. The predicted octanol–water partition coefficient (Wildman–Crippen LogP) is 4.19. The Labute approximate surface area is 166 Å². The van der Waals surface area contributed by atoms with E-state index in [0.717, 1.165) is 11.5 Å². The Bertz CT molecular complexity index is 999. The fraction of sp³-hybridized carbons (Fsp3) is 0.350. The first kappa shape index (κ1) is 20.8. The van der Waals surface area contributed by atoms with Gasteiger partial charge in [0.2, 0.25) is 0 Å². The molecule has 2 aromatic heterocycles. The van der Waals surface area contributed by atoms with Gasteiger partial charge in [-0.25, -0.2) is 19.3 Å². The molecular formula is C20H21F3N4O2. The van der Waals surface area contributed by atoms with Gasteiger partial charge in [0.25, 0.3) is 0 Å². The van der Waals surface area contributed by atoms with Gasteiger partial charge in [-0.1, -0.05) is 6.07 Å². The van der Waals surface area contributed by atoms with E-state index in [1.165, 1.54) is 12.1 Å². The van der Waals surface area contributed by atoms with E-state index in [0.29, 0.717) is 29.3 Å². The van der Waals surface area contributed by atoms with Crippen LogP contribution in [0.5, 0.6) is 5.75 Å². The van der Waals surface area contributed by atoms with Crippen LogP contribution in [-0.2, 0) is 11.2 Å². The number of anilines is 1. The molecule has 3 aromatic rings.